The zero-order valence-electron chi connectivity index (χ0n) is 15.2. The Hall–Kier alpha value is -2.45. The summed E-state index contributed by atoms with van der Waals surface area (Å²) < 4.78 is 35.9. The van der Waals surface area contributed by atoms with Gasteiger partial charge in [-0.1, -0.05) is 23.7 Å². The predicted molar refractivity (Wildman–Crippen MR) is 106 cm³/mol. The molecule has 146 valence electrons. The second-order valence-corrected chi connectivity index (χ2v) is 7.88. The van der Waals surface area contributed by atoms with E-state index in [1.807, 2.05) is 6.92 Å². The fraction of sp³-hybridized carbons (Fsp3) is 0.278. The molecular formula is C18H21ClN2O5S. The monoisotopic (exact) mass is 412 g/mol. The van der Waals surface area contributed by atoms with Gasteiger partial charge >= 0.3 is 0 Å². The number of hydrogen-bond acceptors (Lipinski definition) is 5. The standard InChI is InChI=1S/C18H21ClN2O5S/c1-4-26-17-8-6-5-7-15(17)20-18(22)12-21(27(3,23)24)13-9-10-16(25-2)14(19)11-13/h5-11H,4,12H2,1-3H3,(H,20,22). The van der Waals surface area contributed by atoms with Crippen molar-refractivity contribution in [2.24, 2.45) is 0 Å². The first-order valence-electron chi connectivity index (χ1n) is 8.09. The molecule has 0 aliphatic rings. The molecule has 0 saturated heterocycles. The summed E-state index contributed by atoms with van der Waals surface area (Å²) in [4.78, 5) is 12.5. The molecule has 2 aromatic rings. The van der Waals surface area contributed by atoms with E-state index in [0.717, 1.165) is 10.6 Å². The van der Waals surface area contributed by atoms with E-state index in [0.29, 0.717) is 23.8 Å². The summed E-state index contributed by atoms with van der Waals surface area (Å²) in [6.07, 6.45) is 1.02. The summed E-state index contributed by atoms with van der Waals surface area (Å²) in [6.45, 7) is 1.85. The maximum atomic E-state index is 12.5. The van der Waals surface area contributed by atoms with Crippen molar-refractivity contribution in [2.75, 3.05) is 36.1 Å². The summed E-state index contributed by atoms with van der Waals surface area (Å²) in [5.74, 6) is 0.398. The van der Waals surface area contributed by atoms with E-state index < -0.39 is 22.5 Å². The lowest BCUT2D eigenvalue weighted by molar-refractivity contribution is -0.114. The van der Waals surface area contributed by atoms with Gasteiger partial charge in [-0.15, -0.1) is 0 Å². The van der Waals surface area contributed by atoms with E-state index in [4.69, 9.17) is 21.1 Å². The zero-order chi connectivity index (χ0) is 20.0. The molecule has 0 aromatic heterocycles. The first-order chi connectivity index (χ1) is 12.8. The van der Waals surface area contributed by atoms with E-state index in [-0.39, 0.29) is 10.7 Å². The lowest BCUT2D eigenvalue weighted by atomic mass is 10.3. The number of rotatable bonds is 8. The highest BCUT2D eigenvalue weighted by Gasteiger charge is 2.22. The third-order valence-electron chi connectivity index (χ3n) is 3.57. The Balaban J connectivity index is 2.25. The van der Waals surface area contributed by atoms with Gasteiger partial charge in [-0.2, -0.15) is 0 Å². The number of ether oxygens (including phenoxy) is 2. The average molecular weight is 413 g/mol. The van der Waals surface area contributed by atoms with Crippen LogP contribution in [0.1, 0.15) is 6.92 Å². The number of nitrogens with one attached hydrogen (secondary N) is 1. The van der Waals surface area contributed by atoms with Crippen molar-refractivity contribution in [3.8, 4) is 11.5 Å². The van der Waals surface area contributed by atoms with Crippen molar-refractivity contribution in [3.63, 3.8) is 0 Å². The maximum Gasteiger partial charge on any atom is 0.245 e. The van der Waals surface area contributed by atoms with Crippen LogP contribution in [0.2, 0.25) is 5.02 Å². The normalized spacial score (nSPS) is 11.0. The number of amides is 1. The maximum absolute atomic E-state index is 12.5. The van der Waals surface area contributed by atoms with Crippen LogP contribution in [0.25, 0.3) is 0 Å². The van der Waals surface area contributed by atoms with Crippen LogP contribution >= 0.6 is 11.6 Å². The number of carbonyl (C=O) groups excluding carboxylic acids is 1. The number of hydrogen-bond donors (Lipinski definition) is 1. The summed E-state index contributed by atoms with van der Waals surface area (Å²) in [5.41, 5.74) is 0.724. The molecule has 2 aromatic carbocycles. The summed E-state index contributed by atoms with van der Waals surface area (Å²) in [6, 6.07) is 11.4. The molecule has 0 aliphatic carbocycles. The minimum absolute atomic E-state index is 0.241. The number of halogens is 1. The molecule has 9 heteroatoms. The van der Waals surface area contributed by atoms with Crippen LogP contribution < -0.4 is 19.1 Å². The number of methoxy groups -OCH3 is 1. The van der Waals surface area contributed by atoms with Crippen molar-refractivity contribution < 1.29 is 22.7 Å². The summed E-state index contributed by atoms with van der Waals surface area (Å²) in [7, 11) is -2.26. The molecule has 7 nitrogen and oxygen atoms in total. The number of para-hydroxylation sites is 2. The van der Waals surface area contributed by atoms with Crippen LogP contribution in [0.5, 0.6) is 11.5 Å². The molecule has 0 atom stereocenters. The minimum atomic E-state index is -3.72. The molecule has 0 heterocycles. The third-order valence-corrected chi connectivity index (χ3v) is 5.01. The zero-order valence-corrected chi connectivity index (χ0v) is 16.8. The number of anilines is 2. The Bertz CT molecular complexity index is 918. The first kappa shape index (κ1) is 20.9. The van der Waals surface area contributed by atoms with E-state index in [1.54, 1.807) is 24.3 Å². The quantitative estimate of drug-likeness (QED) is 0.719. The Morgan fingerprint density at radius 2 is 1.89 bits per heavy atom. The van der Waals surface area contributed by atoms with Gasteiger partial charge in [-0.05, 0) is 37.3 Å². The molecule has 0 saturated carbocycles. The molecular weight excluding hydrogens is 392 g/mol. The fourth-order valence-corrected chi connectivity index (χ4v) is 3.48. The van der Waals surface area contributed by atoms with Crippen LogP contribution in [0.4, 0.5) is 11.4 Å². The summed E-state index contributed by atoms with van der Waals surface area (Å²) >= 11 is 6.08. The number of carbonyl (C=O) groups is 1. The van der Waals surface area contributed by atoms with E-state index in [1.165, 1.54) is 25.3 Å². The minimum Gasteiger partial charge on any atom is -0.495 e. The lowest BCUT2D eigenvalue weighted by Gasteiger charge is -2.22. The second-order valence-electron chi connectivity index (χ2n) is 5.57. The molecule has 0 radical (unpaired) electrons. The molecule has 0 aliphatic heterocycles. The van der Waals surface area contributed by atoms with Crippen LogP contribution in [0, 0.1) is 0 Å². The summed E-state index contributed by atoms with van der Waals surface area (Å²) in [5, 5.41) is 2.92. The highest BCUT2D eigenvalue weighted by atomic mass is 35.5. The average Bonchev–Trinajstić information content (AvgIpc) is 2.60. The highest BCUT2D eigenvalue weighted by Crippen LogP contribution is 2.30. The largest absolute Gasteiger partial charge is 0.495 e. The smallest absolute Gasteiger partial charge is 0.245 e. The Morgan fingerprint density at radius 3 is 2.48 bits per heavy atom. The van der Waals surface area contributed by atoms with Gasteiger partial charge in [0.05, 0.1) is 36.4 Å². The van der Waals surface area contributed by atoms with Crippen molar-refractivity contribution in [2.45, 2.75) is 6.92 Å². The van der Waals surface area contributed by atoms with Crippen molar-refractivity contribution in [3.05, 3.63) is 47.5 Å². The molecule has 27 heavy (non-hydrogen) atoms. The predicted octanol–water partition coefficient (Wildman–Crippen LogP) is 3.15. The van der Waals surface area contributed by atoms with Gasteiger partial charge in [0.15, 0.2) is 0 Å². The number of benzene rings is 2. The molecule has 2 rings (SSSR count). The Labute approximate surface area is 163 Å². The second kappa shape index (κ2) is 8.96. The van der Waals surface area contributed by atoms with Crippen LogP contribution in [0.3, 0.4) is 0 Å². The van der Waals surface area contributed by atoms with Gasteiger partial charge in [-0.25, -0.2) is 8.42 Å². The van der Waals surface area contributed by atoms with Crippen LogP contribution in [-0.4, -0.2) is 40.8 Å². The van der Waals surface area contributed by atoms with Gasteiger partial charge in [0.25, 0.3) is 0 Å². The molecule has 0 unspecified atom stereocenters. The Kier molecular flexibility index (Phi) is 6.92. The van der Waals surface area contributed by atoms with Gasteiger partial charge < -0.3 is 14.8 Å². The van der Waals surface area contributed by atoms with E-state index in [2.05, 4.69) is 5.32 Å². The van der Waals surface area contributed by atoms with Gasteiger partial charge in [0.1, 0.15) is 18.0 Å². The molecule has 0 bridgehead atoms. The molecule has 1 N–H and O–H groups in total. The lowest BCUT2D eigenvalue weighted by Crippen LogP contribution is -2.37. The molecule has 0 fully saturated rings. The fourth-order valence-electron chi connectivity index (χ4n) is 2.38. The number of nitrogens with zero attached hydrogens (tertiary/aromatic N) is 1. The van der Waals surface area contributed by atoms with Crippen LogP contribution in [-0.2, 0) is 14.8 Å². The van der Waals surface area contributed by atoms with E-state index >= 15 is 0 Å². The third kappa shape index (κ3) is 5.51. The van der Waals surface area contributed by atoms with Gasteiger partial charge in [0.2, 0.25) is 15.9 Å². The Morgan fingerprint density at radius 1 is 1.19 bits per heavy atom. The van der Waals surface area contributed by atoms with Gasteiger partial charge in [0, 0.05) is 0 Å². The van der Waals surface area contributed by atoms with Gasteiger partial charge in [-0.3, -0.25) is 9.10 Å². The van der Waals surface area contributed by atoms with Crippen molar-refractivity contribution in [1.82, 2.24) is 0 Å². The molecule has 0 spiro atoms. The van der Waals surface area contributed by atoms with Crippen molar-refractivity contribution in [1.29, 1.82) is 0 Å². The number of sulfonamides is 1. The SMILES string of the molecule is CCOc1ccccc1NC(=O)CN(c1ccc(OC)c(Cl)c1)S(C)(=O)=O. The van der Waals surface area contributed by atoms with Crippen molar-refractivity contribution >= 4 is 38.9 Å². The molecule has 1 amide bonds. The van der Waals surface area contributed by atoms with E-state index in [9.17, 15) is 13.2 Å². The topological polar surface area (TPSA) is 84.9 Å². The first-order valence-corrected chi connectivity index (χ1v) is 10.3. The van der Waals surface area contributed by atoms with Crippen LogP contribution in [0.15, 0.2) is 42.5 Å². The highest BCUT2D eigenvalue weighted by molar-refractivity contribution is 7.92.